The number of rotatable bonds is 11. The monoisotopic (exact) mass is 401 g/mol. The van der Waals surface area contributed by atoms with E-state index in [2.05, 4.69) is 33.9 Å². The van der Waals surface area contributed by atoms with Crippen LogP contribution in [0.4, 0.5) is 0 Å². The molecule has 1 amide bonds. The normalized spacial score (nSPS) is 16.4. The Morgan fingerprint density at radius 1 is 1.29 bits per heavy atom. The molecule has 1 saturated heterocycles. The third-order valence-electron chi connectivity index (χ3n) is 4.98. The third kappa shape index (κ3) is 6.11. The first-order valence-corrected chi connectivity index (χ1v) is 11.4. The average Bonchev–Trinajstić information content (AvgIpc) is 3.37. The number of benzene rings is 1. The zero-order valence-electron chi connectivity index (χ0n) is 16.7. The van der Waals surface area contributed by atoms with E-state index in [1.165, 1.54) is 31.0 Å². The molecule has 2 aromatic rings. The largest absolute Gasteiger partial charge is 0.376 e. The Morgan fingerprint density at radius 2 is 2.14 bits per heavy atom. The number of hydrogen-bond acceptors (Lipinski definition) is 4. The lowest BCUT2D eigenvalue weighted by Gasteiger charge is -2.16. The molecule has 1 aromatic carbocycles. The fourth-order valence-electron chi connectivity index (χ4n) is 3.44. The van der Waals surface area contributed by atoms with E-state index in [-0.39, 0.29) is 12.0 Å². The van der Waals surface area contributed by atoms with Crippen molar-refractivity contribution in [2.45, 2.75) is 63.3 Å². The Kier molecular flexibility index (Phi) is 8.42. The van der Waals surface area contributed by atoms with Gasteiger partial charge in [0.05, 0.1) is 30.3 Å². The summed E-state index contributed by atoms with van der Waals surface area (Å²) >= 11 is 1.51. The smallest absolute Gasteiger partial charge is 0.230 e. The van der Waals surface area contributed by atoms with Gasteiger partial charge in [0, 0.05) is 13.2 Å². The number of hydrogen-bond donors (Lipinski definition) is 1. The standard InChI is InChI=1S/C22H31N3O2S/c1-2-3-4-8-13-23-21(26)17-28-22-24-15-20(18-10-6-5-7-11-18)25(22)16-19-12-9-14-27-19/h5-7,10-11,15,19H,2-4,8-9,12-14,16-17H2,1H3,(H,23,26). The van der Waals surface area contributed by atoms with Gasteiger partial charge in [0.15, 0.2) is 5.16 Å². The number of nitrogens with zero attached hydrogens (tertiary/aromatic N) is 2. The molecule has 5 nitrogen and oxygen atoms in total. The van der Waals surface area contributed by atoms with E-state index in [4.69, 9.17) is 4.74 Å². The second-order valence-electron chi connectivity index (χ2n) is 7.24. The molecule has 1 aliphatic rings. The van der Waals surface area contributed by atoms with Crippen molar-refractivity contribution in [2.75, 3.05) is 18.9 Å². The molecule has 3 rings (SSSR count). The summed E-state index contributed by atoms with van der Waals surface area (Å²) in [6.07, 6.45) is 9.00. The molecule has 0 aliphatic carbocycles. The van der Waals surface area contributed by atoms with Crippen molar-refractivity contribution < 1.29 is 9.53 Å². The minimum absolute atomic E-state index is 0.0782. The fourth-order valence-corrected chi connectivity index (χ4v) is 4.26. The molecule has 1 fully saturated rings. The van der Waals surface area contributed by atoms with E-state index >= 15 is 0 Å². The lowest BCUT2D eigenvalue weighted by Crippen LogP contribution is -2.26. The molecule has 1 aromatic heterocycles. The van der Waals surface area contributed by atoms with Crippen molar-refractivity contribution in [3.05, 3.63) is 36.5 Å². The van der Waals surface area contributed by atoms with Crippen molar-refractivity contribution in [3.63, 3.8) is 0 Å². The topological polar surface area (TPSA) is 56.2 Å². The van der Waals surface area contributed by atoms with Crippen molar-refractivity contribution >= 4 is 17.7 Å². The number of ether oxygens (including phenoxy) is 1. The number of amides is 1. The molecule has 0 saturated carbocycles. The Morgan fingerprint density at radius 3 is 2.89 bits per heavy atom. The quantitative estimate of drug-likeness (QED) is 0.444. The number of carbonyl (C=O) groups excluding carboxylic acids is 1. The summed E-state index contributed by atoms with van der Waals surface area (Å²) < 4.78 is 8.06. The van der Waals surface area contributed by atoms with E-state index in [1.54, 1.807) is 0 Å². The minimum Gasteiger partial charge on any atom is -0.376 e. The summed E-state index contributed by atoms with van der Waals surface area (Å²) in [5.74, 6) is 0.472. The van der Waals surface area contributed by atoms with Crippen LogP contribution in [0.15, 0.2) is 41.7 Å². The van der Waals surface area contributed by atoms with Gasteiger partial charge in [-0.25, -0.2) is 4.98 Å². The number of unbranched alkanes of at least 4 members (excludes halogenated alkanes) is 3. The van der Waals surface area contributed by atoms with Crippen molar-refractivity contribution in [3.8, 4) is 11.3 Å². The van der Waals surface area contributed by atoms with Crippen LogP contribution < -0.4 is 5.32 Å². The van der Waals surface area contributed by atoms with Crippen LogP contribution in [0.5, 0.6) is 0 Å². The molecule has 28 heavy (non-hydrogen) atoms. The van der Waals surface area contributed by atoms with Crippen molar-refractivity contribution in [1.82, 2.24) is 14.9 Å². The predicted molar refractivity (Wildman–Crippen MR) is 115 cm³/mol. The zero-order valence-corrected chi connectivity index (χ0v) is 17.5. The summed E-state index contributed by atoms with van der Waals surface area (Å²) in [5.41, 5.74) is 2.22. The van der Waals surface area contributed by atoms with Crippen LogP contribution in [0, 0.1) is 0 Å². The molecule has 1 unspecified atom stereocenters. The van der Waals surface area contributed by atoms with Gasteiger partial charge >= 0.3 is 0 Å². The number of carbonyl (C=O) groups is 1. The van der Waals surface area contributed by atoms with Crippen LogP contribution in [-0.4, -0.2) is 40.5 Å². The van der Waals surface area contributed by atoms with Crippen LogP contribution >= 0.6 is 11.8 Å². The van der Waals surface area contributed by atoms with Gasteiger partial charge in [-0.1, -0.05) is 68.3 Å². The van der Waals surface area contributed by atoms with Gasteiger partial charge in [-0.05, 0) is 24.8 Å². The molecule has 0 bridgehead atoms. The van der Waals surface area contributed by atoms with Crippen molar-refractivity contribution in [1.29, 1.82) is 0 Å². The molecular weight excluding hydrogens is 370 g/mol. The van der Waals surface area contributed by atoms with Gasteiger partial charge in [-0.3, -0.25) is 4.79 Å². The highest BCUT2D eigenvalue weighted by Crippen LogP contribution is 2.28. The van der Waals surface area contributed by atoms with Gasteiger partial charge < -0.3 is 14.6 Å². The third-order valence-corrected chi connectivity index (χ3v) is 5.97. The SMILES string of the molecule is CCCCCCNC(=O)CSc1ncc(-c2ccccc2)n1CC1CCCO1. The summed E-state index contributed by atoms with van der Waals surface area (Å²) in [4.78, 5) is 16.8. The molecule has 6 heteroatoms. The minimum atomic E-state index is 0.0782. The van der Waals surface area contributed by atoms with Crippen LogP contribution in [0.2, 0.25) is 0 Å². The second-order valence-corrected chi connectivity index (χ2v) is 8.18. The maximum absolute atomic E-state index is 12.2. The van der Waals surface area contributed by atoms with E-state index in [0.717, 1.165) is 55.4 Å². The highest BCUT2D eigenvalue weighted by atomic mass is 32.2. The van der Waals surface area contributed by atoms with Crippen molar-refractivity contribution in [2.24, 2.45) is 0 Å². The van der Waals surface area contributed by atoms with Gasteiger partial charge in [-0.2, -0.15) is 0 Å². The van der Waals surface area contributed by atoms with E-state index < -0.39 is 0 Å². The Hall–Kier alpha value is -1.79. The molecule has 2 heterocycles. The molecule has 0 radical (unpaired) electrons. The predicted octanol–water partition coefficient (Wildman–Crippen LogP) is 4.52. The lowest BCUT2D eigenvalue weighted by molar-refractivity contribution is -0.118. The zero-order chi connectivity index (χ0) is 19.6. The number of imidazole rings is 1. The van der Waals surface area contributed by atoms with Gasteiger partial charge in [0.1, 0.15) is 0 Å². The number of thioether (sulfide) groups is 1. The first kappa shape index (κ1) is 20.9. The Balaban J connectivity index is 1.61. The van der Waals surface area contributed by atoms with E-state index in [1.807, 2.05) is 24.4 Å². The van der Waals surface area contributed by atoms with Crippen LogP contribution in [0.3, 0.4) is 0 Å². The molecule has 1 N–H and O–H groups in total. The van der Waals surface area contributed by atoms with Crippen LogP contribution in [0.25, 0.3) is 11.3 Å². The molecule has 1 aliphatic heterocycles. The van der Waals surface area contributed by atoms with Gasteiger partial charge in [-0.15, -0.1) is 0 Å². The summed E-state index contributed by atoms with van der Waals surface area (Å²) in [7, 11) is 0. The summed E-state index contributed by atoms with van der Waals surface area (Å²) in [5, 5.41) is 3.91. The highest BCUT2D eigenvalue weighted by Gasteiger charge is 2.21. The highest BCUT2D eigenvalue weighted by molar-refractivity contribution is 7.99. The molecule has 0 spiro atoms. The maximum Gasteiger partial charge on any atom is 0.230 e. The molecular formula is C22H31N3O2S. The van der Waals surface area contributed by atoms with E-state index in [0.29, 0.717) is 5.75 Å². The van der Waals surface area contributed by atoms with Gasteiger partial charge in [0.25, 0.3) is 0 Å². The molecule has 1 atom stereocenters. The average molecular weight is 402 g/mol. The first-order chi connectivity index (χ1) is 13.8. The van der Waals surface area contributed by atoms with Crippen LogP contribution in [-0.2, 0) is 16.1 Å². The van der Waals surface area contributed by atoms with Crippen LogP contribution in [0.1, 0.15) is 45.4 Å². The first-order valence-electron chi connectivity index (χ1n) is 10.4. The van der Waals surface area contributed by atoms with E-state index in [9.17, 15) is 4.79 Å². The number of nitrogens with one attached hydrogen (secondary N) is 1. The summed E-state index contributed by atoms with van der Waals surface area (Å²) in [6, 6.07) is 10.3. The lowest BCUT2D eigenvalue weighted by atomic mass is 10.1. The summed E-state index contributed by atoms with van der Waals surface area (Å²) in [6.45, 7) is 4.57. The Bertz CT molecular complexity index is 727. The second kappa shape index (κ2) is 11.3. The Labute approximate surface area is 172 Å². The fraction of sp³-hybridized carbons (Fsp3) is 0.545. The maximum atomic E-state index is 12.2. The van der Waals surface area contributed by atoms with Gasteiger partial charge in [0.2, 0.25) is 5.91 Å². The molecule has 152 valence electrons. The number of aromatic nitrogens is 2.